The van der Waals surface area contributed by atoms with E-state index in [9.17, 15) is 9.59 Å². The first-order valence-corrected chi connectivity index (χ1v) is 6.49. The van der Waals surface area contributed by atoms with E-state index in [0.29, 0.717) is 0 Å². The minimum atomic E-state index is -0.500. The van der Waals surface area contributed by atoms with Crippen molar-refractivity contribution in [3.63, 3.8) is 0 Å². The molecule has 0 N–H and O–H groups in total. The summed E-state index contributed by atoms with van der Waals surface area (Å²) in [5.41, 5.74) is 0. The van der Waals surface area contributed by atoms with Gasteiger partial charge >= 0.3 is 11.9 Å². The monoisotopic (exact) mass is 310 g/mol. The lowest BCUT2D eigenvalue weighted by Crippen LogP contribution is -2.19. The van der Waals surface area contributed by atoms with Gasteiger partial charge in [0.1, 0.15) is 13.1 Å². The molecule has 0 atom stereocenters. The number of nitrogens with zero attached hydrogens (tertiary/aromatic N) is 8. The van der Waals surface area contributed by atoms with Gasteiger partial charge in [-0.05, 0) is 34.7 Å². The lowest BCUT2D eigenvalue weighted by atomic mass is 10.5. The van der Waals surface area contributed by atoms with Crippen LogP contribution in [0, 0.1) is 0 Å². The van der Waals surface area contributed by atoms with Crippen LogP contribution < -0.4 is 0 Å². The summed E-state index contributed by atoms with van der Waals surface area (Å²) in [6, 6.07) is 0. The number of hydrogen-bond donors (Lipinski definition) is 0. The summed E-state index contributed by atoms with van der Waals surface area (Å²) in [4.78, 5) is 23.0. The van der Waals surface area contributed by atoms with E-state index in [1.807, 2.05) is 0 Å². The van der Waals surface area contributed by atoms with Crippen molar-refractivity contribution in [1.29, 1.82) is 0 Å². The third kappa shape index (κ3) is 3.59. The van der Waals surface area contributed by atoms with Crippen LogP contribution in [0.4, 0.5) is 0 Å². The van der Waals surface area contributed by atoms with Crippen molar-refractivity contribution in [2.24, 2.45) is 0 Å². The fraction of sp³-hybridized carbons (Fsp3) is 0.600. The number of rotatable bonds is 7. The number of hydrogen-bond acceptors (Lipinski definition) is 10. The Morgan fingerprint density at radius 1 is 0.864 bits per heavy atom. The van der Waals surface area contributed by atoms with Gasteiger partial charge in [-0.3, -0.25) is 9.59 Å². The summed E-state index contributed by atoms with van der Waals surface area (Å²) in [7, 11) is 0. The second-order valence-corrected chi connectivity index (χ2v) is 3.93. The Morgan fingerprint density at radius 3 is 1.64 bits per heavy atom. The highest BCUT2D eigenvalue weighted by molar-refractivity contribution is 5.70. The fourth-order valence-electron chi connectivity index (χ4n) is 1.60. The van der Waals surface area contributed by atoms with Crippen molar-refractivity contribution in [2.75, 3.05) is 13.2 Å². The van der Waals surface area contributed by atoms with E-state index in [4.69, 9.17) is 9.47 Å². The Hall–Kier alpha value is -2.92. The summed E-state index contributed by atoms with van der Waals surface area (Å²) in [6.45, 7) is 3.50. The Balaban J connectivity index is 2.19. The van der Waals surface area contributed by atoms with Gasteiger partial charge in [0.25, 0.3) is 0 Å². The van der Waals surface area contributed by atoms with Crippen LogP contribution in [0.15, 0.2) is 0 Å². The average molecular weight is 310 g/mol. The summed E-state index contributed by atoms with van der Waals surface area (Å²) in [5.74, 6) is -0.717. The summed E-state index contributed by atoms with van der Waals surface area (Å²) >= 11 is 0. The first-order valence-electron chi connectivity index (χ1n) is 6.49. The van der Waals surface area contributed by atoms with Crippen LogP contribution in [0.25, 0.3) is 11.6 Å². The topological polar surface area (TPSA) is 140 Å². The Bertz CT molecular complexity index is 595. The Kier molecular flexibility index (Phi) is 5.06. The molecule has 0 fully saturated rings. The molecule has 0 bridgehead atoms. The first kappa shape index (κ1) is 15.5. The molecule has 0 aliphatic carbocycles. The highest BCUT2D eigenvalue weighted by Crippen LogP contribution is 2.11. The van der Waals surface area contributed by atoms with Gasteiger partial charge in [-0.1, -0.05) is 0 Å². The zero-order valence-electron chi connectivity index (χ0n) is 12.0. The maximum Gasteiger partial charge on any atom is 0.327 e. The normalized spacial score (nSPS) is 10.5. The number of tetrazole rings is 2. The fourth-order valence-corrected chi connectivity index (χ4v) is 1.60. The van der Waals surface area contributed by atoms with Gasteiger partial charge in [0.15, 0.2) is 0 Å². The summed E-state index contributed by atoms with van der Waals surface area (Å²) in [5, 5.41) is 21.8. The van der Waals surface area contributed by atoms with Crippen LogP contribution in [-0.4, -0.2) is 65.6 Å². The molecule has 2 aromatic heterocycles. The van der Waals surface area contributed by atoms with Gasteiger partial charge in [0.05, 0.1) is 13.2 Å². The quantitative estimate of drug-likeness (QED) is 0.552. The van der Waals surface area contributed by atoms with Gasteiger partial charge in [0, 0.05) is 0 Å². The third-order valence-electron chi connectivity index (χ3n) is 2.43. The maximum atomic E-state index is 11.5. The molecule has 0 saturated carbocycles. The van der Waals surface area contributed by atoms with Crippen molar-refractivity contribution in [3.8, 4) is 11.6 Å². The third-order valence-corrected chi connectivity index (χ3v) is 2.43. The molecule has 0 unspecified atom stereocenters. The molecule has 118 valence electrons. The van der Waals surface area contributed by atoms with E-state index in [0.717, 1.165) is 0 Å². The van der Waals surface area contributed by atoms with Gasteiger partial charge in [-0.15, -0.1) is 10.2 Å². The lowest BCUT2D eigenvalue weighted by Gasteiger charge is -2.05. The minimum absolute atomic E-state index is 0.141. The van der Waals surface area contributed by atoms with Crippen molar-refractivity contribution in [3.05, 3.63) is 0 Å². The summed E-state index contributed by atoms with van der Waals surface area (Å²) in [6.07, 6.45) is 0. The van der Waals surface area contributed by atoms with Crippen molar-refractivity contribution < 1.29 is 19.1 Å². The SMILES string of the molecule is CCOC(=O)Cn1nnnc1-c1nnnn1CC(=O)OCC. The molecule has 12 heteroatoms. The van der Waals surface area contributed by atoms with E-state index >= 15 is 0 Å². The number of esters is 2. The minimum Gasteiger partial charge on any atom is -0.465 e. The summed E-state index contributed by atoms with van der Waals surface area (Å²) < 4.78 is 12.0. The predicted molar refractivity (Wildman–Crippen MR) is 67.9 cm³/mol. The van der Waals surface area contributed by atoms with Crippen LogP contribution in [0.1, 0.15) is 13.8 Å². The highest BCUT2D eigenvalue weighted by atomic mass is 16.5. The lowest BCUT2D eigenvalue weighted by molar-refractivity contribution is -0.145. The van der Waals surface area contributed by atoms with Crippen molar-refractivity contribution in [1.82, 2.24) is 40.4 Å². The maximum absolute atomic E-state index is 11.5. The number of ether oxygens (including phenoxy) is 2. The molecule has 0 amide bonds. The van der Waals surface area contributed by atoms with Crippen LogP contribution >= 0.6 is 0 Å². The zero-order chi connectivity index (χ0) is 15.9. The van der Waals surface area contributed by atoms with Gasteiger partial charge in [-0.25, -0.2) is 9.36 Å². The second-order valence-electron chi connectivity index (χ2n) is 3.93. The van der Waals surface area contributed by atoms with Crippen molar-refractivity contribution in [2.45, 2.75) is 26.9 Å². The van der Waals surface area contributed by atoms with Gasteiger partial charge in [0.2, 0.25) is 11.6 Å². The number of carbonyl (C=O) groups is 2. The average Bonchev–Trinajstić information content (AvgIpc) is 3.08. The van der Waals surface area contributed by atoms with E-state index in [2.05, 4.69) is 31.1 Å². The molecule has 2 heterocycles. The van der Waals surface area contributed by atoms with Crippen LogP contribution in [0.2, 0.25) is 0 Å². The van der Waals surface area contributed by atoms with E-state index < -0.39 is 11.9 Å². The van der Waals surface area contributed by atoms with E-state index in [1.165, 1.54) is 9.36 Å². The standard InChI is InChI=1S/C10H14N8O4/c1-3-21-7(19)5-17-9(11-13-15-17)10-12-14-16-18(10)6-8(20)22-4-2/h3-6H2,1-2H3. The van der Waals surface area contributed by atoms with E-state index in [1.54, 1.807) is 13.8 Å². The molecule has 22 heavy (non-hydrogen) atoms. The smallest absolute Gasteiger partial charge is 0.327 e. The van der Waals surface area contributed by atoms with Crippen LogP contribution in [0.3, 0.4) is 0 Å². The molecular formula is C10H14N8O4. The first-order chi connectivity index (χ1) is 10.7. The predicted octanol–water partition coefficient (Wildman–Crippen LogP) is -1.55. The molecule has 0 aliphatic heterocycles. The molecule has 0 aliphatic rings. The largest absolute Gasteiger partial charge is 0.465 e. The van der Waals surface area contributed by atoms with Gasteiger partial charge in [-0.2, -0.15) is 0 Å². The van der Waals surface area contributed by atoms with Crippen LogP contribution in [0.5, 0.6) is 0 Å². The molecule has 2 aromatic rings. The Morgan fingerprint density at radius 2 is 1.27 bits per heavy atom. The molecular weight excluding hydrogens is 296 g/mol. The van der Waals surface area contributed by atoms with Crippen molar-refractivity contribution >= 4 is 11.9 Å². The highest BCUT2D eigenvalue weighted by Gasteiger charge is 2.20. The molecule has 0 radical (unpaired) electrons. The van der Waals surface area contributed by atoms with Gasteiger partial charge < -0.3 is 9.47 Å². The molecule has 12 nitrogen and oxygen atoms in total. The second kappa shape index (κ2) is 7.19. The molecule has 0 saturated heterocycles. The number of carbonyl (C=O) groups excluding carboxylic acids is 2. The molecule has 0 aromatic carbocycles. The zero-order valence-corrected chi connectivity index (χ0v) is 12.0. The molecule has 0 spiro atoms. The van der Waals surface area contributed by atoms with Crippen LogP contribution in [-0.2, 0) is 32.2 Å². The molecule has 2 rings (SSSR count). The Labute approximate surface area is 124 Å². The van der Waals surface area contributed by atoms with E-state index in [-0.39, 0.29) is 38.0 Å². The number of aromatic nitrogens is 8.